The summed E-state index contributed by atoms with van der Waals surface area (Å²) in [4.78, 5) is 31.4. The van der Waals surface area contributed by atoms with Crippen molar-refractivity contribution in [3.8, 4) is 0 Å². The minimum atomic E-state index is -0.114. The molecular formula is C20H28N4O2. The van der Waals surface area contributed by atoms with Crippen LogP contribution in [0.3, 0.4) is 0 Å². The second kappa shape index (κ2) is 7.81. The van der Waals surface area contributed by atoms with E-state index in [0.29, 0.717) is 13.1 Å². The number of para-hydroxylation sites is 1. The third kappa shape index (κ3) is 3.84. The van der Waals surface area contributed by atoms with Gasteiger partial charge in [-0.1, -0.05) is 18.2 Å². The third-order valence-electron chi connectivity index (χ3n) is 5.15. The number of aryl methyl sites for hydroxylation is 1. The average Bonchev–Trinajstić information content (AvgIpc) is 2.96. The molecule has 0 radical (unpaired) electrons. The Morgan fingerprint density at radius 1 is 1.31 bits per heavy atom. The van der Waals surface area contributed by atoms with Gasteiger partial charge in [-0.3, -0.25) is 4.79 Å². The van der Waals surface area contributed by atoms with E-state index in [2.05, 4.69) is 29.4 Å². The maximum absolute atomic E-state index is 12.5. The number of aromatic nitrogens is 1. The molecule has 1 fully saturated rings. The Bertz CT molecular complexity index is 796. The fourth-order valence-corrected chi connectivity index (χ4v) is 3.76. The van der Waals surface area contributed by atoms with Crippen LogP contribution >= 0.6 is 0 Å². The lowest BCUT2D eigenvalue weighted by atomic mass is 9.97. The highest BCUT2D eigenvalue weighted by molar-refractivity contribution is 5.85. The topological polar surface area (TPSA) is 68.4 Å². The van der Waals surface area contributed by atoms with E-state index < -0.39 is 0 Å². The molecule has 2 N–H and O–H groups in total. The molecule has 1 atom stereocenters. The molecule has 3 amide bonds. The Kier molecular flexibility index (Phi) is 5.49. The molecule has 1 aliphatic heterocycles. The van der Waals surface area contributed by atoms with Crippen molar-refractivity contribution in [3.63, 3.8) is 0 Å². The summed E-state index contributed by atoms with van der Waals surface area (Å²) in [5, 5.41) is 4.29. The predicted octanol–water partition coefficient (Wildman–Crippen LogP) is 2.53. The van der Waals surface area contributed by atoms with Crippen molar-refractivity contribution in [1.82, 2.24) is 20.1 Å². The molecule has 2 heterocycles. The van der Waals surface area contributed by atoms with Crippen LogP contribution in [0.25, 0.3) is 10.9 Å². The van der Waals surface area contributed by atoms with E-state index in [4.69, 9.17) is 0 Å². The van der Waals surface area contributed by atoms with E-state index >= 15 is 0 Å². The van der Waals surface area contributed by atoms with Crippen LogP contribution in [-0.4, -0.2) is 60.5 Å². The van der Waals surface area contributed by atoms with Gasteiger partial charge in [-0.15, -0.1) is 0 Å². The van der Waals surface area contributed by atoms with E-state index in [1.54, 1.807) is 23.9 Å². The van der Waals surface area contributed by atoms with Gasteiger partial charge in [-0.25, -0.2) is 4.79 Å². The summed E-state index contributed by atoms with van der Waals surface area (Å²) in [6.07, 6.45) is 2.52. The van der Waals surface area contributed by atoms with Crippen LogP contribution in [0.2, 0.25) is 0 Å². The number of likely N-dealkylation sites (tertiary alicyclic amines) is 1. The first kappa shape index (κ1) is 18.3. The summed E-state index contributed by atoms with van der Waals surface area (Å²) in [6.45, 7) is 3.92. The number of hydrogen-bond acceptors (Lipinski definition) is 2. The number of hydrogen-bond donors (Lipinski definition) is 2. The van der Waals surface area contributed by atoms with Crippen molar-refractivity contribution in [1.29, 1.82) is 0 Å². The normalized spacial score (nSPS) is 17.3. The lowest BCUT2D eigenvalue weighted by Gasteiger charge is -2.33. The maximum Gasteiger partial charge on any atom is 0.319 e. The highest BCUT2D eigenvalue weighted by Crippen LogP contribution is 2.22. The lowest BCUT2D eigenvalue weighted by molar-refractivity contribution is -0.126. The van der Waals surface area contributed by atoms with Gasteiger partial charge in [0.1, 0.15) is 0 Å². The zero-order chi connectivity index (χ0) is 18.7. The monoisotopic (exact) mass is 356 g/mol. The van der Waals surface area contributed by atoms with Crippen LogP contribution in [0.5, 0.6) is 0 Å². The first-order valence-corrected chi connectivity index (χ1v) is 9.27. The Hall–Kier alpha value is -2.50. The number of benzene rings is 1. The molecule has 6 nitrogen and oxygen atoms in total. The van der Waals surface area contributed by atoms with E-state index in [1.165, 1.54) is 10.9 Å². The lowest BCUT2D eigenvalue weighted by Crippen LogP contribution is -2.48. The molecule has 0 saturated carbocycles. The molecule has 1 aromatic heterocycles. The van der Waals surface area contributed by atoms with Crippen molar-refractivity contribution < 1.29 is 9.59 Å². The zero-order valence-electron chi connectivity index (χ0n) is 15.8. The Morgan fingerprint density at radius 3 is 2.85 bits per heavy atom. The standard InChI is InChI=1S/C20H28N4O2/c1-14-16(17-8-4-5-9-18(17)22-14)10-11-21-19(25)15-7-6-12-24(13-15)20(26)23(2)3/h4-5,8-9,15,22H,6-7,10-13H2,1-3H3,(H,21,25)/t15-/m1/s1. The van der Waals surface area contributed by atoms with Crippen LogP contribution in [0.1, 0.15) is 24.1 Å². The van der Waals surface area contributed by atoms with Crippen molar-refractivity contribution >= 4 is 22.8 Å². The Morgan fingerprint density at radius 2 is 2.08 bits per heavy atom. The van der Waals surface area contributed by atoms with E-state index in [1.807, 2.05) is 12.1 Å². The van der Waals surface area contributed by atoms with Gasteiger partial charge in [-0.05, 0) is 37.8 Å². The second-order valence-electron chi connectivity index (χ2n) is 7.28. The number of piperidine rings is 1. The molecule has 1 saturated heterocycles. The molecule has 1 aliphatic rings. The smallest absolute Gasteiger partial charge is 0.319 e. The number of H-pyrrole nitrogens is 1. The molecule has 0 bridgehead atoms. The molecular weight excluding hydrogens is 328 g/mol. The minimum absolute atomic E-state index is 0.0167. The highest BCUT2D eigenvalue weighted by atomic mass is 16.2. The fraction of sp³-hybridized carbons (Fsp3) is 0.500. The molecule has 0 aliphatic carbocycles. The second-order valence-corrected chi connectivity index (χ2v) is 7.28. The van der Waals surface area contributed by atoms with Gasteiger partial charge in [0.25, 0.3) is 0 Å². The molecule has 26 heavy (non-hydrogen) atoms. The SMILES string of the molecule is Cc1[nH]c2ccccc2c1CCNC(=O)[C@@H]1CCCN(C(=O)N(C)C)C1. The molecule has 0 spiro atoms. The van der Waals surface area contributed by atoms with Gasteiger partial charge in [0.05, 0.1) is 5.92 Å². The molecule has 0 unspecified atom stereocenters. The van der Waals surface area contributed by atoms with Crippen molar-refractivity contribution in [3.05, 3.63) is 35.5 Å². The van der Waals surface area contributed by atoms with Gasteiger partial charge >= 0.3 is 6.03 Å². The predicted molar refractivity (Wildman–Crippen MR) is 103 cm³/mol. The molecule has 2 aromatic rings. The quantitative estimate of drug-likeness (QED) is 0.884. The van der Waals surface area contributed by atoms with Crippen LogP contribution in [0.4, 0.5) is 4.79 Å². The van der Waals surface area contributed by atoms with Gasteiger partial charge in [0.2, 0.25) is 5.91 Å². The van der Waals surface area contributed by atoms with Crippen LogP contribution < -0.4 is 5.32 Å². The number of amides is 3. The molecule has 3 rings (SSSR count). The largest absolute Gasteiger partial charge is 0.358 e. The number of fused-ring (bicyclic) bond motifs is 1. The summed E-state index contributed by atoms with van der Waals surface area (Å²) in [5.74, 6) is -0.0598. The van der Waals surface area contributed by atoms with E-state index in [9.17, 15) is 9.59 Å². The van der Waals surface area contributed by atoms with Crippen LogP contribution in [0, 0.1) is 12.8 Å². The van der Waals surface area contributed by atoms with Crippen LogP contribution in [0.15, 0.2) is 24.3 Å². The average molecular weight is 356 g/mol. The number of nitrogens with one attached hydrogen (secondary N) is 2. The number of carbonyl (C=O) groups excluding carboxylic acids is 2. The zero-order valence-corrected chi connectivity index (χ0v) is 15.8. The van der Waals surface area contributed by atoms with E-state index in [-0.39, 0.29) is 17.9 Å². The summed E-state index contributed by atoms with van der Waals surface area (Å²) >= 11 is 0. The van der Waals surface area contributed by atoms with Gasteiger partial charge in [-0.2, -0.15) is 0 Å². The summed E-state index contributed by atoms with van der Waals surface area (Å²) < 4.78 is 0. The number of nitrogens with zero attached hydrogens (tertiary/aromatic N) is 2. The van der Waals surface area contributed by atoms with Gasteiger partial charge in [0, 0.05) is 50.3 Å². The summed E-state index contributed by atoms with van der Waals surface area (Å²) in [6, 6.07) is 8.23. The van der Waals surface area contributed by atoms with Crippen molar-refractivity contribution in [2.45, 2.75) is 26.2 Å². The molecule has 6 heteroatoms. The third-order valence-corrected chi connectivity index (χ3v) is 5.15. The Balaban J connectivity index is 1.55. The molecule has 1 aromatic carbocycles. The van der Waals surface area contributed by atoms with Crippen molar-refractivity contribution in [2.24, 2.45) is 5.92 Å². The van der Waals surface area contributed by atoms with Gasteiger partial charge < -0.3 is 20.1 Å². The van der Waals surface area contributed by atoms with Gasteiger partial charge in [0.15, 0.2) is 0 Å². The number of carbonyl (C=O) groups is 2. The first-order valence-electron chi connectivity index (χ1n) is 9.27. The summed E-state index contributed by atoms with van der Waals surface area (Å²) in [5.41, 5.74) is 3.55. The van der Waals surface area contributed by atoms with Crippen molar-refractivity contribution in [2.75, 3.05) is 33.7 Å². The first-order chi connectivity index (χ1) is 12.5. The minimum Gasteiger partial charge on any atom is -0.358 e. The van der Waals surface area contributed by atoms with E-state index in [0.717, 1.165) is 37.0 Å². The number of aromatic amines is 1. The number of rotatable bonds is 4. The number of urea groups is 1. The fourth-order valence-electron chi connectivity index (χ4n) is 3.76. The Labute approximate surface area is 154 Å². The maximum atomic E-state index is 12.5. The summed E-state index contributed by atoms with van der Waals surface area (Å²) in [7, 11) is 3.49. The highest BCUT2D eigenvalue weighted by Gasteiger charge is 2.28. The molecule has 140 valence electrons. The van der Waals surface area contributed by atoms with Crippen LogP contribution in [-0.2, 0) is 11.2 Å².